The van der Waals surface area contributed by atoms with Crippen LogP contribution in [0.3, 0.4) is 0 Å². The molecule has 70 valence electrons. The summed E-state index contributed by atoms with van der Waals surface area (Å²) in [4.78, 5) is 11.1. The van der Waals surface area contributed by atoms with E-state index in [0.29, 0.717) is 11.3 Å². The van der Waals surface area contributed by atoms with Gasteiger partial charge in [-0.2, -0.15) is 0 Å². The van der Waals surface area contributed by atoms with Crippen LogP contribution in [0.25, 0.3) is 0 Å². The number of benzene rings is 1. The summed E-state index contributed by atoms with van der Waals surface area (Å²) in [6.07, 6.45) is 0. The Kier molecular flexibility index (Phi) is 3.50. The maximum atomic E-state index is 11.1. The van der Waals surface area contributed by atoms with Gasteiger partial charge < -0.3 is 4.74 Å². The molecule has 2 nitrogen and oxygen atoms in total. The van der Waals surface area contributed by atoms with Gasteiger partial charge in [0.15, 0.2) is 5.78 Å². The van der Waals surface area contributed by atoms with E-state index >= 15 is 0 Å². The fourth-order valence-corrected chi connectivity index (χ4v) is 2.08. The van der Waals surface area contributed by atoms with Crippen molar-refractivity contribution in [3.63, 3.8) is 0 Å². The van der Waals surface area contributed by atoms with Gasteiger partial charge in [0.25, 0.3) is 0 Å². The highest BCUT2D eigenvalue weighted by Crippen LogP contribution is 2.35. The van der Waals surface area contributed by atoms with E-state index in [1.165, 1.54) is 6.92 Å². The van der Waals surface area contributed by atoms with Gasteiger partial charge in [0.05, 0.1) is 11.6 Å². The van der Waals surface area contributed by atoms with Gasteiger partial charge in [-0.05, 0) is 50.9 Å². The third-order valence-corrected chi connectivity index (χ3v) is 3.79. The van der Waals surface area contributed by atoms with Crippen molar-refractivity contribution in [3.05, 3.63) is 26.6 Å². The molecule has 0 bridgehead atoms. The summed E-state index contributed by atoms with van der Waals surface area (Å²) in [6, 6.07) is 3.49. The predicted molar refractivity (Wildman–Crippen MR) is 58.4 cm³/mol. The van der Waals surface area contributed by atoms with Gasteiger partial charge in [-0.1, -0.05) is 0 Å². The molecule has 0 amide bonds. The summed E-state index contributed by atoms with van der Waals surface area (Å²) >= 11 is 6.66. The van der Waals surface area contributed by atoms with Crippen molar-refractivity contribution < 1.29 is 9.53 Å². The lowest BCUT2D eigenvalue weighted by atomic mass is 10.1. The Morgan fingerprint density at radius 2 is 1.92 bits per heavy atom. The van der Waals surface area contributed by atoms with Crippen LogP contribution < -0.4 is 4.74 Å². The molecule has 0 aromatic heterocycles. The second-order valence-electron chi connectivity index (χ2n) is 2.50. The van der Waals surface area contributed by atoms with E-state index in [0.717, 1.165) is 8.95 Å². The van der Waals surface area contributed by atoms with Crippen molar-refractivity contribution in [1.29, 1.82) is 0 Å². The largest absolute Gasteiger partial charge is 0.496 e. The van der Waals surface area contributed by atoms with Crippen molar-refractivity contribution in [2.75, 3.05) is 7.11 Å². The maximum absolute atomic E-state index is 11.1. The van der Waals surface area contributed by atoms with Crippen LogP contribution in [0.2, 0.25) is 0 Å². The van der Waals surface area contributed by atoms with Crippen LogP contribution in [0.1, 0.15) is 17.3 Å². The van der Waals surface area contributed by atoms with E-state index in [4.69, 9.17) is 4.74 Å². The van der Waals surface area contributed by atoms with Gasteiger partial charge in [0.2, 0.25) is 0 Å². The number of hydrogen-bond acceptors (Lipinski definition) is 2. The van der Waals surface area contributed by atoms with E-state index < -0.39 is 0 Å². The zero-order valence-corrected chi connectivity index (χ0v) is 10.4. The van der Waals surface area contributed by atoms with Crippen molar-refractivity contribution in [3.8, 4) is 5.75 Å². The number of carbonyl (C=O) groups is 1. The minimum absolute atomic E-state index is 0.0234. The number of hydrogen-bond donors (Lipinski definition) is 0. The van der Waals surface area contributed by atoms with Crippen LogP contribution in [-0.2, 0) is 0 Å². The lowest BCUT2D eigenvalue weighted by molar-refractivity contribution is 0.101. The van der Waals surface area contributed by atoms with Crippen molar-refractivity contribution >= 4 is 37.6 Å². The topological polar surface area (TPSA) is 26.3 Å². The molecule has 0 saturated heterocycles. The van der Waals surface area contributed by atoms with Gasteiger partial charge in [-0.15, -0.1) is 0 Å². The first-order valence-corrected chi connectivity index (χ1v) is 5.19. The monoisotopic (exact) mass is 306 g/mol. The highest BCUT2D eigenvalue weighted by molar-refractivity contribution is 9.13. The number of carbonyl (C=O) groups excluding carboxylic acids is 1. The lowest BCUT2D eigenvalue weighted by Gasteiger charge is -2.07. The van der Waals surface area contributed by atoms with E-state index in [2.05, 4.69) is 31.9 Å². The summed E-state index contributed by atoms with van der Waals surface area (Å²) in [5.41, 5.74) is 0.646. The Labute approximate surface area is 93.5 Å². The summed E-state index contributed by atoms with van der Waals surface area (Å²) in [5, 5.41) is 0. The number of ether oxygens (including phenoxy) is 1. The van der Waals surface area contributed by atoms with Crippen LogP contribution in [0.15, 0.2) is 21.1 Å². The van der Waals surface area contributed by atoms with Gasteiger partial charge in [0.1, 0.15) is 5.75 Å². The normalized spacial score (nSPS) is 9.85. The molecule has 0 atom stereocenters. The first-order chi connectivity index (χ1) is 6.07. The fraction of sp³-hybridized carbons (Fsp3) is 0.222. The SMILES string of the molecule is COc1ccc(C(C)=O)c(Br)c1Br. The zero-order valence-electron chi connectivity index (χ0n) is 7.23. The van der Waals surface area contributed by atoms with Gasteiger partial charge >= 0.3 is 0 Å². The molecule has 0 aliphatic rings. The molecule has 0 N–H and O–H groups in total. The molecular weight excluding hydrogens is 300 g/mol. The quantitative estimate of drug-likeness (QED) is 0.783. The average molecular weight is 308 g/mol. The average Bonchev–Trinajstić information content (AvgIpc) is 2.09. The van der Waals surface area contributed by atoms with Crippen LogP contribution in [0, 0.1) is 0 Å². The Hall–Kier alpha value is -0.350. The van der Waals surface area contributed by atoms with E-state index in [1.807, 2.05) is 0 Å². The van der Waals surface area contributed by atoms with Gasteiger partial charge in [-0.25, -0.2) is 0 Å². The van der Waals surface area contributed by atoms with Crippen molar-refractivity contribution in [2.24, 2.45) is 0 Å². The molecular formula is C9H8Br2O2. The fourth-order valence-electron chi connectivity index (χ4n) is 0.961. The maximum Gasteiger partial charge on any atom is 0.160 e. The second-order valence-corrected chi connectivity index (χ2v) is 4.09. The molecule has 0 aliphatic heterocycles. The molecule has 13 heavy (non-hydrogen) atoms. The molecule has 0 radical (unpaired) electrons. The number of halogens is 2. The Morgan fingerprint density at radius 3 is 2.38 bits per heavy atom. The summed E-state index contributed by atoms with van der Waals surface area (Å²) < 4.78 is 6.57. The minimum Gasteiger partial charge on any atom is -0.496 e. The number of rotatable bonds is 2. The third-order valence-electron chi connectivity index (χ3n) is 1.65. The molecule has 0 spiro atoms. The standard InChI is InChI=1S/C9H8Br2O2/c1-5(12)6-3-4-7(13-2)9(11)8(6)10/h3-4H,1-2H3. The zero-order chi connectivity index (χ0) is 10.0. The highest BCUT2D eigenvalue weighted by atomic mass is 79.9. The highest BCUT2D eigenvalue weighted by Gasteiger charge is 2.11. The van der Waals surface area contributed by atoms with Crippen LogP contribution in [0.5, 0.6) is 5.75 Å². The second kappa shape index (κ2) is 4.24. The van der Waals surface area contributed by atoms with Crippen LogP contribution in [0.4, 0.5) is 0 Å². The number of methoxy groups -OCH3 is 1. The summed E-state index contributed by atoms with van der Waals surface area (Å²) in [5.74, 6) is 0.729. The number of Topliss-reactive ketones (excluding diaryl/α,β-unsaturated/α-hetero) is 1. The Morgan fingerprint density at radius 1 is 1.31 bits per heavy atom. The first kappa shape index (κ1) is 10.7. The molecule has 0 heterocycles. The van der Waals surface area contributed by atoms with Gasteiger partial charge in [-0.3, -0.25) is 4.79 Å². The molecule has 1 aromatic carbocycles. The smallest absolute Gasteiger partial charge is 0.160 e. The van der Waals surface area contributed by atoms with Crippen LogP contribution >= 0.6 is 31.9 Å². The first-order valence-electron chi connectivity index (χ1n) is 3.61. The number of ketones is 1. The predicted octanol–water partition coefficient (Wildman–Crippen LogP) is 3.42. The third kappa shape index (κ3) is 2.11. The van der Waals surface area contributed by atoms with Crippen molar-refractivity contribution in [1.82, 2.24) is 0 Å². The molecule has 0 unspecified atom stereocenters. The Balaban J connectivity index is 3.31. The van der Waals surface area contributed by atoms with E-state index in [1.54, 1.807) is 19.2 Å². The van der Waals surface area contributed by atoms with Crippen molar-refractivity contribution in [2.45, 2.75) is 6.92 Å². The molecule has 0 aliphatic carbocycles. The summed E-state index contributed by atoms with van der Waals surface area (Å²) in [6.45, 7) is 1.53. The molecule has 0 saturated carbocycles. The lowest BCUT2D eigenvalue weighted by Crippen LogP contribution is -1.95. The van der Waals surface area contributed by atoms with Crippen LogP contribution in [-0.4, -0.2) is 12.9 Å². The molecule has 1 aromatic rings. The minimum atomic E-state index is 0.0234. The van der Waals surface area contributed by atoms with Gasteiger partial charge in [0, 0.05) is 10.0 Å². The molecule has 4 heteroatoms. The molecule has 1 rings (SSSR count). The van der Waals surface area contributed by atoms with E-state index in [9.17, 15) is 4.79 Å². The summed E-state index contributed by atoms with van der Waals surface area (Å²) in [7, 11) is 1.58. The van der Waals surface area contributed by atoms with E-state index in [-0.39, 0.29) is 5.78 Å². The Bertz CT molecular complexity index is 348. The molecule has 0 fully saturated rings.